The van der Waals surface area contributed by atoms with E-state index >= 15 is 0 Å². The summed E-state index contributed by atoms with van der Waals surface area (Å²) in [7, 11) is 0. The molecule has 5 nitrogen and oxygen atoms in total. The first-order valence-corrected chi connectivity index (χ1v) is 10.9. The van der Waals surface area contributed by atoms with Crippen LogP contribution in [0.2, 0.25) is 5.02 Å². The lowest BCUT2D eigenvalue weighted by molar-refractivity contribution is -0.337. The number of fused-ring (bicyclic) bond motifs is 3. The van der Waals surface area contributed by atoms with Gasteiger partial charge in [0.15, 0.2) is 11.8 Å². The molecule has 3 aromatic carbocycles. The topological polar surface area (TPSA) is 42.0 Å². The number of benzene rings is 3. The Labute approximate surface area is 192 Å². The van der Waals surface area contributed by atoms with E-state index in [1.54, 1.807) is 18.9 Å². The van der Waals surface area contributed by atoms with E-state index in [0.717, 1.165) is 28.0 Å². The minimum Gasteiger partial charge on any atom is -0.269 e. The van der Waals surface area contributed by atoms with Gasteiger partial charge in [-0.2, -0.15) is 5.06 Å². The normalized spacial score (nSPS) is 19.3. The molecule has 1 unspecified atom stereocenters. The molecule has 1 amide bonds. The second kappa shape index (κ2) is 8.10. The van der Waals surface area contributed by atoms with Crippen LogP contribution in [0, 0.1) is 0 Å². The van der Waals surface area contributed by atoms with Crippen molar-refractivity contribution in [2.24, 2.45) is 0 Å². The molecule has 0 radical (unpaired) electrons. The van der Waals surface area contributed by atoms with Crippen molar-refractivity contribution in [1.29, 1.82) is 0 Å². The van der Waals surface area contributed by atoms with Gasteiger partial charge in [0, 0.05) is 16.1 Å². The van der Waals surface area contributed by atoms with Gasteiger partial charge in [0.2, 0.25) is 0 Å². The summed E-state index contributed by atoms with van der Waals surface area (Å²) >= 11 is 6.35. The van der Waals surface area contributed by atoms with Crippen LogP contribution in [0.4, 0.5) is 0 Å². The van der Waals surface area contributed by atoms with E-state index in [1.165, 1.54) is 5.06 Å². The van der Waals surface area contributed by atoms with Crippen LogP contribution in [-0.2, 0) is 21.1 Å². The van der Waals surface area contributed by atoms with E-state index in [4.69, 9.17) is 21.3 Å². The van der Waals surface area contributed by atoms with E-state index in [2.05, 4.69) is 6.08 Å². The maximum atomic E-state index is 13.5. The zero-order valence-corrected chi connectivity index (χ0v) is 18.6. The largest absolute Gasteiger partial charge is 0.282 e. The van der Waals surface area contributed by atoms with Crippen LogP contribution in [0.1, 0.15) is 42.3 Å². The molecular weight excluding hydrogens is 424 g/mol. The summed E-state index contributed by atoms with van der Waals surface area (Å²) in [6.45, 7) is 3.76. The molecule has 162 valence electrons. The van der Waals surface area contributed by atoms with E-state index in [-0.39, 0.29) is 12.5 Å². The highest BCUT2D eigenvalue weighted by Gasteiger charge is 2.51. The smallest absolute Gasteiger partial charge is 0.269 e. The average molecular weight is 447 g/mol. The van der Waals surface area contributed by atoms with Crippen LogP contribution in [0.25, 0.3) is 11.8 Å². The van der Waals surface area contributed by atoms with Crippen LogP contribution < -0.4 is 0 Å². The van der Waals surface area contributed by atoms with Gasteiger partial charge in [0.25, 0.3) is 5.91 Å². The Morgan fingerprint density at radius 3 is 2.41 bits per heavy atom. The van der Waals surface area contributed by atoms with Crippen LogP contribution in [0.15, 0.2) is 78.9 Å². The molecule has 0 aliphatic carbocycles. The lowest BCUT2D eigenvalue weighted by Gasteiger charge is -2.50. The molecule has 0 bridgehead atoms. The van der Waals surface area contributed by atoms with Crippen LogP contribution in [0.3, 0.4) is 0 Å². The van der Waals surface area contributed by atoms with Crippen molar-refractivity contribution >= 4 is 29.3 Å². The molecule has 0 saturated carbocycles. The van der Waals surface area contributed by atoms with Crippen molar-refractivity contribution in [3.8, 4) is 0 Å². The van der Waals surface area contributed by atoms with E-state index in [1.807, 2.05) is 78.9 Å². The molecule has 2 heterocycles. The third-order valence-electron chi connectivity index (χ3n) is 5.63. The van der Waals surface area contributed by atoms with Gasteiger partial charge in [-0.05, 0) is 43.2 Å². The second-order valence-corrected chi connectivity index (χ2v) is 8.80. The summed E-state index contributed by atoms with van der Waals surface area (Å²) < 4.78 is 0. The second-order valence-electron chi connectivity index (χ2n) is 8.36. The van der Waals surface area contributed by atoms with Gasteiger partial charge >= 0.3 is 0 Å². The Kier molecular flexibility index (Phi) is 5.25. The maximum Gasteiger partial charge on any atom is 0.282 e. The quantitative estimate of drug-likeness (QED) is 0.505. The first-order chi connectivity index (χ1) is 15.4. The Morgan fingerprint density at radius 2 is 1.69 bits per heavy atom. The van der Waals surface area contributed by atoms with Gasteiger partial charge in [0.05, 0.1) is 5.70 Å². The number of amides is 1. The Balaban J connectivity index is 1.62. The third-order valence-corrected chi connectivity index (χ3v) is 5.86. The molecule has 3 aromatic rings. The standard InChI is InChI=1S/C26H23ClN2O3/c1-26(2)25(30)29(31-17-18-9-5-3-6-10-18)24-22-16-21(27)14-13-20(22)15-23(28(24)32-26)19-11-7-4-8-12-19/h3-16,24H,17H2,1-2H3. The number of nitrogens with zero attached hydrogens (tertiary/aromatic N) is 2. The first-order valence-electron chi connectivity index (χ1n) is 10.5. The SMILES string of the molecule is CC1(C)ON2C(c3ccccc3)=Cc3ccc(Cl)cc3C2N(OCc2ccccc2)C1=O. The number of rotatable bonds is 4. The van der Waals surface area contributed by atoms with Crippen LogP contribution >= 0.6 is 11.6 Å². The fourth-order valence-electron chi connectivity index (χ4n) is 4.02. The van der Waals surface area contributed by atoms with E-state index < -0.39 is 11.8 Å². The summed E-state index contributed by atoms with van der Waals surface area (Å²) in [5.41, 5.74) is 3.48. The Hall–Kier alpha value is -3.12. The lowest BCUT2D eigenvalue weighted by atomic mass is 9.95. The molecule has 0 aromatic heterocycles. The highest BCUT2D eigenvalue weighted by molar-refractivity contribution is 6.30. The van der Waals surface area contributed by atoms with E-state index in [9.17, 15) is 4.79 Å². The average Bonchev–Trinajstić information content (AvgIpc) is 2.80. The summed E-state index contributed by atoms with van der Waals surface area (Å²) in [5.74, 6) is -0.255. The third kappa shape index (κ3) is 3.69. The Bertz CT molecular complexity index is 1180. The monoisotopic (exact) mass is 446 g/mol. The molecular formula is C26H23ClN2O3. The minimum absolute atomic E-state index is 0.255. The van der Waals surface area contributed by atoms with Gasteiger partial charge < -0.3 is 0 Å². The molecule has 1 saturated heterocycles. The zero-order valence-electron chi connectivity index (χ0n) is 17.9. The highest BCUT2D eigenvalue weighted by Crippen LogP contribution is 2.46. The predicted octanol–water partition coefficient (Wildman–Crippen LogP) is 5.84. The maximum absolute atomic E-state index is 13.5. The predicted molar refractivity (Wildman–Crippen MR) is 124 cm³/mol. The summed E-state index contributed by atoms with van der Waals surface area (Å²) in [6, 6.07) is 25.4. The minimum atomic E-state index is -1.11. The van der Waals surface area contributed by atoms with Crippen molar-refractivity contribution in [2.45, 2.75) is 32.2 Å². The van der Waals surface area contributed by atoms with Gasteiger partial charge in [-0.25, -0.2) is 5.06 Å². The molecule has 5 rings (SSSR count). The van der Waals surface area contributed by atoms with Crippen LogP contribution in [-0.4, -0.2) is 21.6 Å². The summed E-state index contributed by atoms with van der Waals surface area (Å²) in [4.78, 5) is 25.9. The number of carbonyl (C=O) groups is 1. The van der Waals surface area contributed by atoms with E-state index in [0.29, 0.717) is 5.02 Å². The fourth-order valence-corrected chi connectivity index (χ4v) is 4.20. The molecule has 0 N–H and O–H groups in total. The van der Waals surface area contributed by atoms with Crippen LogP contribution in [0.5, 0.6) is 0 Å². The van der Waals surface area contributed by atoms with Gasteiger partial charge in [-0.3, -0.25) is 14.5 Å². The summed E-state index contributed by atoms with van der Waals surface area (Å²) in [5, 5.41) is 3.78. The van der Waals surface area contributed by atoms with Crippen molar-refractivity contribution < 1.29 is 14.5 Å². The number of carbonyl (C=O) groups excluding carboxylic acids is 1. The number of hydrogen-bond acceptors (Lipinski definition) is 4. The fraction of sp³-hybridized carbons (Fsp3) is 0.192. The zero-order chi connectivity index (χ0) is 22.3. The Morgan fingerprint density at radius 1 is 1.00 bits per heavy atom. The van der Waals surface area contributed by atoms with Crippen molar-refractivity contribution in [3.63, 3.8) is 0 Å². The van der Waals surface area contributed by atoms with Gasteiger partial charge in [-0.15, -0.1) is 0 Å². The van der Waals surface area contributed by atoms with Crippen molar-refractivity contribution in [3.05, 3.63) is 106 Å². The lowest BCUT2D eigenvalue weighted by Crippen LogP contribution is -2.60. The first kappa shape index (κ1) is 20.8. The van der Waals surface area contributed by atoms with Crippen molar-refractivity contribution in [2.75, 3.05) is 0 Å². The molecule has 2 aliphatic heterocycles. The van der Waals surface area contributed by atoms with Gasteiger partial charge in [0.1, 0.15) is 6.61 Å². The van der Waals surface area contributed by atoms with Crippen molar-refractivity contribution in [1.82, 2.24) is 10.1 Å². The number of hydrogen-bond donors (Lipinski definition) is 0. The number of halogens is 1. The highest BCUT2D eigenvalue weighted by atomic mass is 35.5. The molecule has 32 heavy (non-hydrogen) atoms. The molecule has 1 atom stereocenters. The molecule has 0 spiro atoms. The summed E-state index contributed by atoms with van der Waals surface area (Å²) in [6.07, 6.45) is 1.44. The molecule has 6 heteroatoms. The number of hydroxylamine groups is 4. The molecule has 1 fully saturated rings. The molecule has 2 aliphatic rings. The van der Waals surface area contributed by atoms with Gasteiger partial charge in [-0.1, -0.05) is 78.3 Å².